The first kappa shape index (κ1) is 15.0. The highest BCUT2D eigenvalue weighted by Gasteiger charge is 2.16. The molecule has 0 saturated carbocycles. The highest BCUT2D eigenvalue weighted by Crippen LogP contribution is 2.18. The third kappa shape index (κ3) is 4.68. The van der Waals surface area contributed by atoms with Crippen LogP contribution in [0.3, 0.4) is 0 Å². The monoisotopic (exact) mass is 272 g/mol. The van der Waals surface area contributed by atoms with Gasteiger partial charge in [0.25, 0.3) is 0 Å². The molecule has 18 heavy (non-hydrogen) atoms. The maximum atomic E-state index is 11.9. The average Bonchev–Trinajstić information content (AvgIpc) is 2.26. The zero-order chi connectivity index (χ0) is 13.8. The van der Waals surface area contributed by atoms with Gasteiger partial charge in [-0.2, -0.15) is 0 Å². The summed E-state index contributed by atoms with van der Waals surface area (Å²) in [6.45, 7) is 3.93. The largest absolute Gasteiger partial charge is 0.707 e. The predicted octanol–water partition coefficient (Wildman–Crippen LogP) is 0.855. The van der Waals surface area contributed by atoms with Crippen LogP contribution >= 0.6 is 0 Å². The second kappa shape index (κ2) is 6.22. The Morgan fingerprint density at radius 3 is 2.22 bits per heavy atom. The van der Waals surface area contributed by atoms with Crippen LogP contribution in [0.25, 0.3) is 0 Å². The summed E-state index contributed by atoms with van der Waals surface area (Å²) >= 11 is 0. The van der Waals surface area contributed by atoms with Crippen molar-refractivity contribution in [3.8, 4) is 5.75 Å². The van der Waals surface area contributed by atoms with Crippen LogP contribution in [0.4, 0.5) is 0 Å². The Labute approximate surface area is 108 Å². The first-order valence-electron chi connectivity index (χ1n) is 5.67. The molecule has 0 aliphatic rings. The molecule has 0 aliphatic carbocycles. The summed E-state index contributed by atoms with van der Waals surface area (Å²) < 4.78 is 28.5. The van der Waals surface area contributed by atoms with E-state index >= 15 is 0 Å². The quantitative estimate of drug-likeness (QED) is 0.750. The van der Waals surface area contributed by atoms with Crippen LogP contribution in [0.15, 0.2) is 29.2 Å². The maximum Gasteiger partial charge on any atom is 0.707 e. The van der Waals surface area contributed by atoms with Gasteiger partial charge in [-0.1, -0.05) is 13.8 Å². The molecule has 0 spiro atoms. The van der Waals surface area contributed by atoms with Gasteiger partial charge in [-0.3, -0.25) is 0 Å². The van der Waals surface area contributed by atoms with E-state index in [1.165, 1.54) is 24.3 Å². The predicted molar refractivity (Wildman–Crippen MR) is 68.8 cm³/mol. The van der Waals surface area contributed by atoms with Crippen LogP contribution in [0.5, 0.6) is 5.75 Å². The fourth-order valence-electron chi connectivity index (χ4n) is 1.36. The Balaban J connectivity index is 2.78. The molecule has 0 radical (unpaired) electrons. The normalized spacial score (nSPS) is 11.6. The molecule has 0 heterocycles. The van der Waals surface area contributed by atoms with Crippen molar-refractivity contribution in [2.75, 3.05) is 5.75 Å². The highest BCUT2D eigenvalue weighted by atomic mass is 32.2. The lowest BCUT2D eigenvalue weighted by molar-refractivity contribution is 0.288. The van der Waals surface area contributed by atoms with Crippen LogP contribution < -0.4 is 4.65 Å². The second-order valence-electron chi connectivity index (χ2n) is 4.42. The smallest absolute Gasteiger partial charge is 0.512 e. The minimum Gasteiger partial charge on any atom is -0.512 e. The SMILES string of the molecule is CC(C)CCS(=O)(=O)c1ccc(OB(O)O)cc1. The van der Waals surface area contributed by atoms with Gasteiger partial charge in [0.15, 0.2) is 9.84 Å². The van der Waals surface area contributed by atoms with E-state index in [0.717, 1.165) is 0 Å². The number of benzene rings is 1. The van der Waals surface area contributed by atoms with Crippen LogP contribution in [0.2, 0.25) is 0 Å². The summed E-state index contributed by atoms with van der Waals surface area (Å²) in [6, 6.07) is 5.57. The summed E-state index contributed by atoms with van der Waals surface area (Å²) in [5, 5.41) is 17.2. The van der Waals surface area contributed by atoms with Crippen molar-refractivity contribution >= 4 is 17.2 Å². The summed E-state index contributed by atoms with van der Waals surface area (Å²) in [7, 11) is -5.19. The highest BCUT2D eigenvalue weighted by molar-refractivity contribution is 7.91. The minimum absolute atomic E-state index is 0.105. The Hall–Kier alpha value is -1.05. The van der Waals surface area contributed by atoms with Gasteiger partial charge in [-0.05, 0) is 36.6 Å². The van der Waals surface area contributed by atoms with Gasteiger partial charge in [0.05, 0.1) is 10.6 Å². The number of hydrogen-bond donors (Lipinski definition) is 2. The summed E-state index contributed by atoms with van der Waals surface area (Å²) in [4.78, 5) is 0.211. The second-order valence-corrected chi connectivity index (χ2v) is 6.53. The van der Waals surface area contributed by atoms with Crippen molar-refractivity contribution in [3.05, 3.63) is 24.3 Å². The van der Waals surface area contributed by atoms with Crippen LogP contribution in [0, 0.1) is 5.92 Å². The third-order valence-electron chi connectivity index (χ3n) is 2.39. The maximum absolute atomic E-state index is 11.9. The topological polar surface area (TPSA) is 83.8 Å². The first-order valence-corrected chi connectivity index (χ1v) is 7.32. The van der Waals surface area contributed by atoms with E-state index in [0.29, 0.717) is 12.3 Å². The Bertz CT molecular complexity index is 467. The Morgan fingerprint density at radius 2 is 1.78 bits per heavy atom. The number of hydrogen-bond acceptors (Lipinski definition) is 5. The molecule has 0 aliphatic heterocycles. The first-order chi connectivity index (χ1) is 8.31. The standard InChI is InChI=1S/C11H17BO5S/c1-9(2)7-8-18(15,16)11-5-3-10(4-6-11)17-12(13)14/h3-6,9,13-14H,7-8H2,1-2H3. The van der Waals surface area contributed by atoms with E-state index < -0.39 is 17.2 Å². The van der Waals surface area contributed by atoms with Crippen molar-refractivity contribution in [1.29, 1.82) is 0 Å². The zero-order valence-corrected chi connectivity index (χ0v) is 11.2. The fourth-order valence-corrected chi connectivity index (χ4v) is 2.92. The summed E-state index contributed by atoms with van der Waals surface area (Å²) in [5.41, 5.74) is 0. The molecule has 1 aromatic carbocycles. The Morgan fingerprint density at radius 1 is 1.22 bits per heavy atom. The lowest BCUT2D eigenvalue weighted by atomic mass is 10.2. The molecule has 1 rings (SSSR count). The molecule has 0 bridgehead atoms. The Kier molecular flexibility index (Phi) is 5.19. The minimum atomic E-state index is -3.28. The third-order valence-corrected chi connectivity index (χ3v) is 4.15. The lowest BCUT2D eigenvalue weighted by Crippen LogP contribution is -2.20. The zero-order valence-electron chi connectivity index (χ0n) is 10.4. The lowest BCUT2D eigenvalue weighted by Gasteiger charge is -2.08. The molecule has 0 amide bonds. The van der Waals surface area contributed by atoms with E-state index in [1.807, 2.05) is 13.8 Å². The molecule has 2 N–H and O–H groups in total. The molecule has 7 heteroatoms. The van der Waals surface area contributed by atoms with Crippen molar-refractivity contribution in [2.24, 2.45) is 5.92 Å². The fraction of sp³-hybridized carbons (Fsp3) is 0.455. The van der Waals surface area contributed by atoms with Gasteiger partial charge in [-0.25, -0.2) is 8.42 Å². The van der Waals surface area contributed by atoms with Gasteiger partial charge in [0.1, 0.15) is 5.75 Å². The molecular formula is C11H17BO5S. The van der Waals surface area contributed by atoms with Crippen molar-refractivity contribution < 1.29 is 23.1 Å². The number of rotatable bonds is 6. The van der Waals surface area contributed by atoms with Crippen molar-refractivity contribution in [1.82, 2.24) is 0 Å². The summed E-state index contributed by atoms with van der Waals surface area (Å²) in [6.07, 6.45) is 0.607. The van der Waals surface area contributed by atoms with Gasteiger partial charge in [0.2, 0.25) is 0 Å². The van der Waals surface area contributed by atoms with Gasteiger partial charge < -0.3 is 14.7 Å². The van der Waals surface area contributed by atoms with Crippen LogP contribution in [-0.2, 0) is 9.84 Å². The molecule has 5 nitrogen and oxygen atoms in total. The van der Waals surface area contributed by atoms with Gasteiger partial charge in [0, 0.05) is 0 Å². The average molecular weight is 272 g/mol. The van der Waals surface area contributed by atoms with Crippen LogP contribution in [0.1, 0.15) is 20.3 Å². The summed E-state index contributed by atoms with van der Waals surface area (Å²) in [5.74, 6) is 0.632. The number of sulfone groups is 1. The van der Waals surface area contributed by atoms with E-state index in [4.69, 9.17) is 10.0 Å². The molecule has 0 saturated heterocycles. The van der Waals surface area contributed by atoms with Crippen molar-refractivity contribution in [2.45, 2.75) is 25.2 Å². The molecule has 0 atom stereocenters. The molecular weight excluding hydrogens is 255 g/mol. The van der Waals surface area contributed by atoms with Gasteiger partial charge in [-0.15, -0.1) is 0 Å². The van der Waals surface area contributed by atoms with Gasteiger partial charge >= 0.3 is 7.32 Å². The molecule has 0 fully saturated rings. The van der Waals surface area contributed by atoms with Crippen LogP contribution in [-0.4, -0.2) is 31.5 Å². The van der Waals surface area contributed by atoms with E-state index in [-0.39, 0.29) is 16.4 Å². The molecule has 0 unspecified atom stereocenters. The van der Waals surface area contributed by atoms with E-state index in [2.05, 4.69) is 4.65 Å². The van der Waals surface area contributed by atoms with E-state index in [9.17, 15) is 8.42 Å². The molecule has 0 aromatic heterocycles. The molecule has 100 valence electrons. The van der Waals surface area contributed by atoms with Crippen molar-refractivity contribution in [3.63, 3.8) is 0 Å². The van der Waals surface area contributed by atoms with E-state index in [1.54, 1.807) is 0 Å². The molecule has 1 aromatic rings.